The largest absolute Gasteiger partial charge is 0.478 e. The van der Waals surface area contributed by atoms with E-state index < -0.39 is 16.0 Å². The number of nitrogens with zero attached hydrogens (tertiary/aromatic N) is 1. The fourth-order valence-corrected chi connectivity index (χ4v) is 6.51. The molecule has 3 aromatic carbocycles. The van der Waals surface area contributed by atoms with Crippen LogP contribution < -0.4 is 10.0 Å². The van der Waals surface area contributed by atoms with Crippen LogP contribution in [0.15, 0.2) is 83.8 Å². The number of hydrogen-bond donors (Lipinski definition) is 3. The molecule has 5 rings (SSSR count). The second-order valence-corrected chi connectivity index (χ2v) is 12.1. The third kappa shape index (κ3) is 6.61. The van der Waals surface area contributed by atoms with Crippen molar-refractivity contribution in [1.82, 2.24) is 15.0 Å². The molecule has 4 aromatic rings. The second-order valence-electron chi connectivity index (χ2n) is 10.4. The maximum Gasteiger partial charge on any atom is 0.335 e. The van der Waals surface area contributed by atoms with Gasteiger partial charge >= 0.3 is 5.97 Å². The van der Waals surface area contributed by atoms with Crippen molar-refractivity contribution >= 4 is 32.8 Å². The number of nitrogens with one attached hydrogen (secondary N) is 2. The number of hydrogen-bond acceptors (Lipinski definition) is 5. The minimum absolute atomic E-state index is 0.0841. The van der Waals surface area contributed by atoms with E-state index in [-0.39, 0.29) is 40.2 Å². The summed E-state index contributed by atoms with van der Waals surface area (Å²) in [5.74, 6) is -1.65. The molecule has 1 fully saturated rings. The number of carboxylic acid groups (broad SMARTS) is 1. The summed E-state index contributed by atoms with van der Waals surface area (Å²) in [6, 6.07) is 20.2. The van der Waals surface area contributed by atoms with Gasteiger partial charge in [0.25, 0.3) is 0 Å². The molecule has 1 saturated carbocycles. The molecule has 0 saturated heterocycles. The Morgan fingerprint density at radius 1 is 0.951 bits per heavy atom. The number of benzene rings is 3. The summed E-state index contributed by atoms with van der Waals surface area (Å²) in [7, 11) is -3.80. The molecule has 0 unspecified atom stereocenters. The van der Waals surface area contributed by atoms with Crippen LogP contribution in [0.3, 0.4) is 0 Å². The topological polar surface area (TPSA) is 125 Å². The highest BCUT2D eigenvalue weighted by Gasteiger charge is 2.30. The van der Waals surface area contributed by atoms with Gasteiger partial charge in [-0.2, -0.15) is 0 Å². The summed E-state index contributed by atoms with van der Waals surface area (Å²) in [4.78, 5) is 28.8. The van der Waals surface area contributed by atoms with E-state index in [2.05, 4.69) is 15.0 Å². The zero-order valence-corrected chi connectivity index (χ0v) is 23.2. The number of carboxylic acids is 1. The maximum absolute atomic E-state index is 13.2. The number of carbonyl (C=O) groups is 2. The predicted molar refractivity (Wildman–Crippen MR) is 153 cm³/mol. The normalized spacial score (nSPS) is 18.1. The van der Waals surface area contributed by atoms with Gasteiger partial charge in [0.05, 0.1) is 27.7 Å². The monoisotopic (exact) mass is 575 g/mol. The van der Waals surface area contributed by atoms with Crippen molar-refractivity contribution in [2.75, 3.05) is 0 Å². The van der Waals surface area contributed by atoms with Crippen LogP contribution >= 0.6 is 0 Å². The van der Waals surface area contributed by atoms with Gasteiger partial charge in [-0.05, 0) is 86.7 Å². The molecule has 1 aromatic heterocycles. The first kappa shape index (κ1) is 28.4. The molecule has 0 bridgehead atoms. The zero-order chi connectivity index (χ0) is 29.1. The Hall–Kier alpha value is -4.15. The summed E-state index contributed by atoms with van der Waals surface area (Å²) in [5, 5.41) is 12.9. The third-order valence-corrected chi connectivity index (χ3v) is 9.04. The predicted octanol–water partition coefficient (Wildman–Crippen LogP) is 5.45. The lowest BCUT2D eigenvalue weighted by Gasteiger charge is -2.29. The molecule has 1 aliphatic rings. The Kier molecular flexibility index (Phi) is 8.14. The number of aromatic carboxylic acids is 1. The lowest BCUT2D eigenvalue weighted by Crippen LogP contribution is -2.41. The molecule has 0 aliphatic heterocycles. The third-order valence-electron chi connectivity index (χ3n) is 7.52. The zero-order valence-electron chi connectivity index (χ0n) is 22.4. The smallest absolute Gasteiger partial charge is 0.335 e. The van der Waals surface area contributed by atoms with Gasteiger partial charge < -0.3 is 10.4 Å². The van der Waals surface area contributed by atoms with Gasteiger partial charge in [0.1, 0.15) is 5.82 Å². The van der Waals surface area contributed by atoms with E-state index in [4.69, 9.17) is 0 Å². The Bertz CT molecular complexity index is 1700. The van der Waals surface area contributed by atoms with Crippen molar-refractivity contribution in [2.45, 2.75) is 49.6 Å². The molecule has 1 amide bonds. The highest BCUT2D eigenvalue weighted by Crippen LogP contribution is 2.28. The van der Waals surface area contributed by atoms with Gasteiger partial charge in [0.2, 0.25) is 15.9 Å². The lowest BCUT2D eigenvalue weighted by atomic mass is 9.85. The van der Waals surface area contributed by atoms with E-state index in [1.807, 2.05) is 6.92 Å². The molecule has 0 radical (unpaired) electrons. The van der Waals surface area contributed by atoms with Crippen LogP contribution in [0.25, 0.3) is 22.2 Å². The number of rotatable bonds is 8. The highest BCUT2D eigenvalue weighted by molar-refractivity contribution is 7.89. The average Bonchev–Trinajstić information content (AvgIpc) is 2.97. The molecule has 10 heteroatoms. The van der Waals surface area contributed by atoms with Crippen molar-refractivity contribution < 1.29 is 27.5 Å². The number of fused-ring (bicyclic) bond motifs is 1. The van der Waals surface area contributed by atoms with Gasteiger partial charge in [0, 0.05) is 22.9 Å². The number of carbonyl (C=O) groups excluding carboxylic acids is 1. The fraction of sp³-hybridized carbons (Fsp3) is 0.258. The van der Waals surface area contributed by atoms with Crippen molar-refractivity contribution in [2.24, 2.45) is 5.92 Å². The van der Waals surface area contributed by atoms with Crippen molar-refractivity contribution in [3.8, 4) is 11.3 Å². The highest BCUT2D eigenvalue weighted by atomic mass is 32.2. The van der Waals surface area contributed by atoms with Gasteiger partial charge in [-0.15, -0.1) is 0 Å². The van der Waals surface area contributed by atoms with Crippen molar-refractivity contribution in [3.05, 3.63) is 95.8 Å². The number of amides is 1. The molecule has 1 atom stereocenters. The van der Waals surface area contributed by atoms with Crippen LogP contribution in [0.2, 0.25) is 0 Å². The summed E-state index contributed by atoms with van der Waals surface area (Å²) in [5.41, 5.74) is 2.80. The quantitative estimate of drug-likeness (QED) is 0.256. The first-order valence-electron chi connectivity index (χ1n) is 13.4. The molecule has 41 heavy (non-hydrogen) atoms. The summed E-state index contributed by atoms with van der Waals surface area (Å²) in [6.45, 7) is 1.85. The van der Waals surface area contributed by atoms with Crippen LogP contribution in [0.5, 0.6) is 0 Å². The van der Waals surface area contributed by atoms with Crippen LogP contribution in [-0.4, -0.2) is 36.4 Å². The van der Waals surface area contributed by atoms with E-state index >= 15 is 0 Å². The number of pyridine rings is 1. The van der Waals surface area contributed by atoms with Gasteiger partial charge in [-0.25, -0.2) is 27.3 Å². The Morgan fingerprint density at radius 2 is 1.68 bits per heavy atom. The molecule has 0 spiro atoms. The molecule has 1 aliphatic carbocycles. The average molecular weight is 576 g/mol. The van der Waals surface area contributed by atoms with E-state index in [1.54, 1.807) is 54.6 Å². The number of sulfonamides is 1. The summed E-state index contributed by atoms with van der Waals surface area (Å²) >= 11 is 0. The molecule has 8 nitrogen and oxygen atoms in total. The summed E-state index contributed by atoms with van der Waals surface area (Å²) < 4.78 is 42.3. The Labute approximate surface area is 237 Å². The SMILES string of the molecule is C[C@@H](NC(=O)[C@H]1CC[C@H](NS(=O)(=O)c2ccc3nc(-c4cccc(C(=O)O)c4)ccc3c2)CC1)c1ccc(F)cc1. The van der Waals surface area contributed by atoms with Crippen LogP contribution in [0, 0.1) is 11.7 Å². The van der Waals surface area contributed by atoms with Crippen LogP contribution in [-0.2, 0) is 14.8 Å². The lowest BCUT2D eigenvalue weighted by molar-refractivity contribution is -0.126. The maximum atomic E-state index is 13.2. The molecule has 1 heterocycles. The van der Waals surface area contributed by atoms with Crippen LogP contribution in [0.4, 0.5) is 4.39 Å². The standard InChI is InChI=1S/C31H30FN3O5S/c1-19(20-5-10-25(32)11-6-20)33-30(36)21-7-12-26(13-8-21)35-41(39,40)27-14-16-29-23(18-27)9-15-28(34-29)22-3-2-4-24(17-22)31(37)38/h2-6,9-11,14-19,21,26,35H,7-8,12-13H2,1H3,(H,33,36)(H,37,38)/t19-,21-,26-/m1/s1. The van der Waals surface area contributed by atoms with E-state index in [0.29, 0.717) is 47.8 Å². The molecular formula is C31H30FN3O5S. The van der Waals surface area contributed by atoms with E-state index in [9.17, 15) is 27.5 Å². The summed E-state index contributed by atoms with van der Waals surface area (Å²) in [6.07, 6.45) is 2.19. The fourth-order valence-electron chi connectivity index (χ4n) is 5.17. The minimum Gasteiger partial charge on any atom is -0.478 e. The Morgan fingerprint density at radius 3 is 2.39 bits per heavy atom. The van der Waals surface area contributed by atoms with Gasteiger partial charge in [0.15, 0.2) is 0 Å². The second kappa shape index (κ2) is 11.8. The molecule has 212 valence electrons. The van der Waals surface area contributed by atoms with Gasteiger partial charge in [-0.1, -0.05) is 30.3 Å². The number of halogens is 1. The van der Waals surface area contributed by atoms with E-state index in [0.717, 1.165) is 5.56 Å². The van der Waals surface area contributed by atoms with Crippen molar-refractivity contribution in [3.63, 3.8) is 0 Å². The molecular weight excluding hydrogens is 545 g/mol. The number of aromatic nitrogens is 1. The Balaban J connectivity index is 1.20. The minimum atomic E-state index is -3.80. The van der Waals surface area contributed by atoms with E-state index in [1.165, 1.54) is 24.3 Å². The van der Waals surface area contributed by atoms with Crippen LogP contribution in [0.1, 0.15) is 54.6 Å². The first-order valence-corrected chi connectivity index (χ1v) is 14.9. The first-order chi connectivity index (χ1) is 19.6. The van der Waals surface area contributed by atoms with Gasteiger partial charge in [-0.3, -0.25) is 4.79 Å². The van der Waals surface area contributed by atoms with Crippen molar-refractivity contribution in [1.29, 1.82) is 0 Å². The molecule has 3 N–H and O–H groups in total.